The third-order valence-corrected chi connectivity index (χ3v) is 11.8. The second-order valence-electron chi connectivity index (χ2n) is 17.5. The quantitative estimate of drug-likeness (QED) is 0.115. The van der Waals surface area contributed by atoms with Gasteiger partial charge in [-0.1, -0.05) is 32.9 Å². The molecule has 0 aliphatic carbocycles. The summed E-state index contributed by atoms with van der Waals surface area (Å²) in [6.45, 7) is 9.72. The number of benzene rings is 3. The highest BCUT2D eigenvalue weighted by atomic mass is 16.7. The lowest BCUT2D eigenvalue weighted by atomic mass is 9.85. The van der Waals surface area contributed by atoms with E-state index in [1.807, 2.05) is 69.3 Å². The van der Waals surface area contributed by atoms with E-state index in [2.05, 4.69) is 20.6 Å². The molecule has 2 aromatic heterocycles. The first-order chi connectivity index (χ1) is 29.0. The van der Waals surface area contributed by atoms with E-state index >= 15 is 0 Å². The number of H-pyrrole nitrogens is 2. The maximum absolute atomic E-state index is 13.9. The van der Waals surface area contributed by atoms with Crippen molar-refractivity contribution in [2.75, 3.05) is 34.1 Å². The van der Waals surface area contributed by atoms with Crippen molar-refractivity contribution in [2.24, 2.45) is 5.41 Å². The molecule has 0 saturated carbocycles. The van der Waals surface area contributed by atoms with Gasteiger partial charge in [-0.05, 0) is 92.5 Å². The van der Waals surface area contributed by atoms with Crippen LogP contribution in [-0.2, 0) is 19.1 Å². The number of hydrogen-bond donors (Lipinski definition) is 5. The first-order valence-electron chi connectivity index (χ1n) is 20.5. The number of carbonyl (C=O) groups is 4. The summed E-state index contributed by atoms with van der Waals surface area (Å²) in [6, 6.07) is 13.2. The molecule has 3 aliphatic heterocycles. The predicted molar refractivity (Wildman–Crippen MR) is 225 cm³/mol. The van der Waals surface area contributed by atoms with Crippen molar-refractivity contribution >= 4 is 46.1 Å². The van der Waals surface area contributed by atoms with Crippen LogP contribution < -0.4 is 20.1 Å². The van der Waals surface area contributed by atoms with Gasteiger partial charge in [0, 0.05) is 24.2 Å². The van der Waals surface area contributed by atoms with Gasteiger partial charge in [0.05, 0.1) is 54.0 Å². The number of aromatic nitrogens is 4. The Labute approximate surface area is 352 Å². The number of fused-ring (bicyclic) bond motifs is 3. The molecule has 0 spiro atoms. The first-order valence-corrected chi connectivity index (χ1v) is 20.5. The van der Waals surface area contributed by atoms with E-state index in [0.717, 1.165) is 58.1 Å². The fraction of sp³-hybridized carbons (Fsp3) is 0.455. The third kappa shape index (κ3) is 7.89. The van der Waals surface area contributed by atoms with Gasteiger partial charge in [-0.3, -0.25) is 9.59 Å². The lowest BCUT2D eigenvalue weighted by Crippen LogP contribution is -2.58. The smallest absolute Gasteiger partial charge is 0.407 e. The number of aromatic amines is 2. The van der Waals surface area contributed by atoms with Gasteiger partial charge in [0.2, 0.25) is 18.6 Å². The molecule has 322 valence electrons. The number of nitrogens with zero attached hydrogens (tertiary/aromatic N) is 4. The molecule has 61 heavy (non-hydrogen) atoms. The molecule has 3 aliphatic rings. The van der Waals surface area contributed by atoms with Crippen LogP contribution in [-0.4, -0.2) is 111 Å². The number of hydrogen-bond acceptors (Lipinski definition) is 11. The van der Waals surface area contributed by atoms with Crippen molar-refractivity contribution in [3.8, 4) is 33.8 Å². The molecule has 5 aromatic rings. The number of likely N-dealkylation sites (tertiary alicyclic amines) is 2. The summed E-state index contributed by atoms with van der Waals surface area (Å²) in [7, 11) is 2.49. The normalized spacial score (nSPS) is 18.7. The van der Waals surface area contributed by atoms with Crippen molar-refractivity contribution in [3.05, 3.63) is 60.2 Å². The Balaban J connectivity index is 1.04. The molecule has 8 rings (SSSR count). The SMILES string of the molecule is COC(=O)N[C@H](C(=O)N1CCC[C@H]1c1nc2ccc(-c3ccc(-c4ccc5[nH]c([C@@H]6CCCN6C(=O)[C@@H](NC(=O)OC)C(C)(C)O)nc5c4)c4c3OCO4)cc2[nH]1)C(C)(C)C. The molecule has 4 atom stereocenters. The number of amides is 4. The average molecular weight is 837 g/mol. The van der Waals surface area contributed by atoms with Gasteiger partial charge in [0.1, 0.15) is 23.7 Å². The number of rotatable bonds is 9. The second kappa shape index (κ2) is 15.9. The van der Waals surface area contributed by atoms with Crippen molar-refractivity contribution in [3.63, 3.8) is 0 Å². The second-order valence-corrected chi connectivity index (χ2v) is 17.5. The molecule has 4 amide bonds. The van der Waals surface area contributed by atoms with Crippen LogP contribution in [0, 0.1) is 5.41 Å². The van der Waals surface area contributed by atoms with E-state index in [0.29, 0.717) is 48.2 Å². The zero-order chi connectivity index (χ0) is 43.4. The maximum atomic E-state index is 13.9. The summed E-state index contributed by atoms with van der Waals surface area (Å²) < 4.78 is 21.7. The molecule has 3 aromatic carbocycles. The Morgan fingerprint density at radius 3 is 1.79 bits per heavy atom. The van der Waals surface area contributed by atoms with Crippen LogP contribution >= 0.6 is 0 Å². The number of alkyl carbamates (subject to hydrolysis) is 2. The van der Waals surface area contributed by atoms with Crippen LogP contribution in [0.4, 0.5) is 9.59 Å². The van der Waals surface area contributed by atoms with Crippen LogP contribution in [0.2, 0.25) is 0 Å². The van der Waals surface area contributed by atoms with E-state index in [4.69, 9.17) is 28.9 Å². The lowest BCUT2D eigenvalue weighted by Gasteiger charge is -2.34. The van der Waals surface area contributed by atoms with Gasteiger partial charge in [-0.25, -0.2) is 19.6 Å². The summed E-state index contributed by atoms with van der Waals surface area (Å²) >= 11 is 0. The Bertz CT molecular complexity index is 2350. The van der Waals surface area contributed by atoms with Gasteiger partial charge >= 0.3 is 12.2 Å². The summed E-state index contributed by atoms with van der Waals surface area (Å²) in [5.41, 5.74) is 4.40. The first kappa shape index (κ1) is 41.4. The van der Waals surface area contributed by atoms with Gasteiger partial charge in [-0.2, -0.15) is 0 Å². The largest absolute Gasteiger partial charge is 0.453 e. The Kier molecular flexibility index (Phi) is 10.8. The fourth-order valence-electron chi connectivity index (χ4n) is 8.66. The molecule has 2 fully saturated rings. The highest BCUT2D eigenvalue weighted by Gasteiger charge is 2.43. The fourth-order valence-corrected chi connectivity index (χ4v) is 8.66. The molecular weight excluding hydrogens is 785 g/mol. The van der Waals surface area contributed by atoms with Crippen molar-refractivity contribution < 1.29 is 43.2 Å². The minimum Gasteiger partial charge on any atom is -0.453 e. The minimum atomic E-state index is -1.54. The summed E-state index contributed by atoms with van der Waals surface area (Å²) in [5.74, 6) is 1.91. The molecule has 5 heterocycles. The lowest BCUT2D eigenvalue weighted by molar-refractivity contribution is -0.140. The Hall–Kier alpha value is -6.36. The van der Waals surface area contributed by atoms with E-state index in [1.54, 1.807) is 9.80 Å². The number of nitrogens with one attached hydrogen (secondary N) is 4. The van der Waals surface area contributed by atoms with Crippen LogP contribution in [0.5, 0.6) is 11.5 Å². The number of carbonyl (C=O) groups excluding carboxylic acids is 4. The van der Waals surface area contributed by atoms with Crippen LogP contribution in [0.15, 0.2) is 48.5 Å². The predicted octanol–water partition coefficient (Wildman–Crippen LogP) is 6.10. The molecule has 17 nitrogen and oxygen atoms in total. The standard InChI is InChI=1S/C44H52N8O9/c1-43(2,3)35(49-41(55)58-6)39(53)51-18-8-10-31(51)37-45-27-16-12-23(20-29(27)47-37)25-14-15-26(34-33(25)60-22-61-34)24-13-17-28-30(21-24)48-38(46-28)32-11-9-19-52(32)40(54)36(44(4,5)57)50-42(56)59-7/h12-17,20-21,31-32,35-36,57H,8-11,18-19,22H2,1-7H3,(H,45,47)(H,46,48)(H,49,55)(H,50,56)/t31-,32-,35+,36+/m0/s1. The Morgan fingerprint density at radius 2 is 1.23 bits per heavy atom. The van der Waals surface area contributed by atoms with E-state index in [1.165, 1.54) is 28.1 Å². The molecule has 0 bridgehead atoms. The monoisotopic (exact) mass is 836 g/mol. The summed E-state index contributed by atoms with van der Waals surface area (Å²) in [5, 5.41) is 16.0. The molecule has 17 heteroatoms. The maximum Gasteiger partial charge on any atom is 0.407 e. The van der Waals surface area contributed by atoms with E-state index < -0.39 is 41.2 Å². The third-order valence-electron chi connectivity index (χ3n) is 11.8. The topological polar surface area (TPSA) is 213 Å². The number of imidazole rings is 2. The van der Waals surface area contributed by atoms with Gasteiger partial charge in [-0.15, -0.1) is 0 Å². The van der Waals surface area contributed by atoms with Crippen LogP contribution in [0.3, 0.4) is 0 Å². The summed E-state index contributed by atoms with van der Waals surface area (Å²) in [4.78, 5) is 72.1. The van der Waals surface area contributed by atoms with E-state index in [9.17, 15) is 24.3 Å². The number of methoxy groups -OCH3 is 2. The molecule has 0 unspecified atom stereocenters. The van der Waals surface area contributed by atoms with Crippen LogP contribution in [0.1, 0.15) is 84.0 Å². The minimum absolute atomic E-state index is 0.0541. The molecular formula is C44H52N8O9. The highest BCUT2D eigenvalue weighted by molar-refractivity contribution is 5.91. The number of aliphatic hydroxyl groups is 1. The zero-order valence-electron chi connectivity index (χ0n) is 35.4. The van der Waals surface area contributed by atoms with Crippen molar-refractivity contribution in [1.29, 1.82) is 0 Å². The van der Waals surface area contributed by atoms with Gasteiger partial charge < -0.3 is 54.5 Å². The van der Waals surface area contributed by atoms with E-state index in [-0.39, 0.29) is 24.8 Å². The van der Waals surface area contributed by atoms with Crippen molar-refractivity contribution in [2.45, 2.75) is 90.1 Å². The van der Waals surface area contributed by atoms with Crippen LogP contribution in [0.25, 0.3) is 44.3 Å². The molecule has 5 N–H and O–H groups in total. The van der Waals surface area contributed by atoms with Crippen molar-refractivity contribution in [1.82, 2.24) is 40.4 Å². The average Bonchev–Trinajstić information content (AvgIpc) is 4.08. The summed E-state index contributed by atoms with van der Waals surface area (Å²) in [6.07, 6.45) is 1.47. The highest BCUT2D eigenvalue weighted by Crippen LogP contribution is 2.48. The van der Waals surface area contributed by atoms with Gasteiger partial charge in [0.15, 0.2) is 11.5 Å². The van der Waals surface area contributed by atoms with Gasteiger partial charge in [0.25, 0.3) is 0 Å². The number of ether oxygens (including phenoxy) is 4. The zero-order valence-corrected chi connectivity index (χ0v) is 35.4. The molecule has 0 radical (unpaired) electrons. The molecule has 2 saturated heterocycles. The Morgan fingerprint density at radius 1 is 0.721 bits per heavy atom.